The van der Waals surface area contributed by atoms with Crippen LogP contribution in [0.15, 0.2) is 11.6 Å². The predicted molar refractivity (Wildman–Crippen MR) is 55.2 cm³/mol. The van der Waals surface area contributed by atoms with Gasteiger partial charge in [-0.1, -0.05) is 38.3 Å². The molecule has 0 heterocycles. The fourth-order valence-electron chi connectivity index (χ4n) is 2.29. The van der Waals surface area contributed by atoms with Crippen molar-refractivity contribution in [2.24, 2.45) is 5.41 Å². The van der Waals surface area contributed by atoms with Gasteiger partial charge in [0.2, 0.25) is 0 Å². The first-order valence-corrected chi connectivity index (χ1v) is 5.41. The summed E-state index contributed by atoms with van der Waals surface area (Å²) in [6.07, 6.45) is 10.8. The summed E-state index contributed by atoms with van der Waals surface area (Å²) >= 11 is 0. The lowest BCUT2D eigenvalue weighted by Crippen LogP contribution is -2.13. The zero-order valence-corrected chi connectivity index (χ0v) is 8.82. The third-order valence-electron chi connectivity index (χ3n) is 3.30. The van der Waals surface area contributed by atoms with Crippen molar-refractivity contribution >= 4 is 0 Å². The van der Waals surface area contributed by atoms with Gasteiger partial charge in [0, 0.05) is 0 Å². The van der Waals surface area contributed by atoms with Crippen LogP contribution >= 0.6 is 0 Å². The summed E-state index contributed by atoms with van der Waals surface area (Å²) in [5.74, 6) is 0. The second-order valence-electron chi connectivity index (χ2n) is 4.31. The van der Waals surface area contributed by atoms with Crippen LogP contribution in [0.25, 0.3) is 0 Å². The molecule has 0 saturated carbocycles. The van der Waals surface area contributed by atoms with Gasteiger partial charge in [0.1, 0.15) is 0 Å². The van der Waals surface area contributed by atoms with E-state index in [1.807, 2.05) is 0 Å². The standard InChI is InChI=1S/C12H22/c1-4-6-8-12(5-2)9-7-11(3)10-12/h10H,4-9H2,1-3H3/t12-/m1/s1. The highest BCUT2D eigenvalue weighted by Gasteiger charge is 2.28. The van der Waals surface area contributed by atoms with Gasteiger partial charge < -0.3 is 0 Å². The molecule has 0 aromatic carbocycles. The maximum atomic E-state index is 2.54. The molecule has 1 atom stereocenters. The first-order chi connectivity index (χ1) is 5.72. The van der Waals surface area contributed by atoms with Gasteiger partial charge in [0.05, 0.1) is 0 Å². The molecule has 0 aromatic rings. The molecule has 0 spiro atoms. The molecule has 1 aliphatic rings. The van der Waals surface area contributed by atoms with Crippen LogP contribution in [-0.4, -0.2) is 0 Å². The van der Waals surface area contributed by atoms with Gasteiger partial charge in [0.25, 0.3) is 0 Å². The zero-order valence-electron chi connectivity index (χ0n) is 8.82. The molecular weight excluding hydrogens is 144 g/mol. The van der Waals surface area contributed by atoms with Gasteiger partial charge in [0.15, 0.2) is 0 Å². The average molecular weight is 166 g/mol. The molecule has 0 N–H and O–H groups in total. The Morgan fingerprint density at radius 3 is 2.58 bits per heavy atom. The van der Waals surface area contributed by atoms with E-state index in [0.717, 1.165) is 0 Å². The second-order valence-corrected chi connectivity index (χ2v) is 4.31. The summed E-state index contributed by atoms with van der Waals surface area (Å²) in [6, 6.07) is 0. The number of unbranched alkanes of at least 4 members (excludes halogenated alkanes) is 1. The molecule has 1 aliphatic carbocycles. The minimum absolute atomic E-state index is 0.597. The predicted octanol–water partition coefficient (Wildman–Crippen LogP) is 4.31. The Morgan fingerprint density at radius 2 is 2.17 bits per heavy atom. The minimum Gasteiger partial charge on any atom is -0.0794 e. The van der Waals surface area contributed by atoms with Crippen molar-refractivity contribution in [3.05, 3.63) is 11.6 Å². The molecule has 0 saturated heterocycles. The van der Waals surface area contributed by atoms with E-state index >= 15 is 0 Å². The van der Waals surface area contributed by atoms with E-state index in [1.54, 1.807) is 5.57 Å². The summed E-state index contributed by atoms with van der Waals surface area (Å²) in [5, 5.41) is 0. The van der Waals surface area contributed by atoms with Crippen LogP contribution < -0.4 is 0 Å². The van der Waals surface area contributed by atoms with Crippen LogP contribution in [0.5, 0.6) is 0 Å². The smallest absolute Gasteiger partial charge is 0.0115 e. The van der Waals surface area contributed by atoms with Crippen LogP contribution in [0.1, 0.15) is 59.3 Å². The first kappa shape index (κ1) is 9.83. The number of rotatable bonds is 4. The largest absolute Gasteiger partial charge is 0.0794 e. The molecular formula is C12H22. The summed E-state index contributed by atoms with van der Waals surface area (Å²) < 4.78 is 0. The Hall–Kier alpha value is -0.260. The van der Waals surface area contributed by atoms with E-state index in [9.17, 15) is 0 Å². The van der Waals surface area contributed by atoms with Crippen molar-refractivity contribution < 1.29 is 0 Å². The van der Waals surface area contributed by atoms with Crippen molar-refractivity contribution in [3.8, 4) is 0 Å². The molecule has 1 rings (SSSR count). The third kappa shape index (κ3) is 2.12. The molecule has 12 heavy (non-hydrogen) atoms. The Kier molecular flexibility index (Phi) is 3.37. The van der Waals surface area contributed by atoms with Crippen molar-refractivity contribution in [1.82, 2.24) is 0 Å². The number of allylic oxidation sites excluding steroid dienone is 2. The van der Waals surface area contributed by atoms with Gasteiger partial charge in [-0.25, -0.2) is 0 Å². The Bertz CT molecular complexity index is 167. The van der Waals surface area contributed by atoms with Gasteiger partial charge in [-0.3, -0.25) is 0 Å². The summed E-state index contributed by atoms with van der Waals surface area (Å²) in [5.41, 5.74) is 2.22. The average Bonchev–Trinajstić information content (AvgIpc) is 2.45. The monoisotopic (exact) mass is 166 g/mol. The van der Waals surface area contributed by atoms with E-state index in [0.29, 0.717) is 5.41 Å². The van der Waals surface area contributed by atoms with Crippen molar-refractivity contribution in [3.63, 3.8) is 0 Å². The van der Waals surface area contributed by atoms with Gasteiger partial charge in [-0.05, 0) is 38.0 Å². The van der Waals surface area contributed by atoms with Crippen molar-refractivity contribution in [1.29, 1.82) is 0 Å². The molecule has 0 bridgehead atoms. The fourth-order valence-corrected chi connectivity index (χ4v) is 2.29. The van der Waals surface area contributed by atoms with Crippen LogP contribution in [-0.2, 0) is 0 Å². The normalized spacial score (nSPS) is 29.1. The molecule has 0 nitrogen and oxygen atoms in total. The molecule has 0 heteroatoms. The fraction of sp³-hybridized carbons (Fsp3) is 0.833. The lowest BCUT2D eigenvalue weighted by Gasteiger charge is -2.25. The molecule has 0 radical (unpaired) electrons. The highest BCUT2D eigenvalue weighted by atomic mass is 14.3. The first-order valence-electron chi connectivity index (χ1n) is 5.41. The van der Waals surface area contributed by atoms with Gasteiger partial charge >= 0.3 is 0 Å². The highest BCUT2D eigenvalue weighted by Crippen LogP contribution is 2.42. The highest BCUT2D eigenvalue weighted by molar-refractivity contribution is 5.14. The van der Waals surface area contributed by atoms with Crippen LogP contribution in [0.3, 0.4) is 0 Å². The maximum absolute atomic E-state index is 2.54. The molecule has 0 aromatic heterocycles. The van der Waals surface area contributed by atoms with Crippen molar-refractivity contribution in [2.45, 2.75) is 59.3 Å². The molecule has 70 valence electrons. The lowest BCUT2D eigenvalue weighted by atomic mass is 9.80. The lowest BCUT2D eigenvalue weighted by molar-refractivity contribution is 0.320. The summed E-state index contributed by atoms with van der Waals surface area (Å²) in [6.45, 7) is 6.91. The number of hydrogen-bond donors (Lipinski definition) is 0. The van der Waals surface area contributed by atoms with Crippen LogP contribution in [0.4, 0.5) is 0 Å². The summed E-state index contributed by atoms with van der Waals surface area (Å²) in [7, 11) is 0. The minimum atomic E-state index is 0.597. The quantitative estimate of drug-likeness (QED) is 0.546. The van der Waals surface area contributed by atoms with Gasteiger partial charge in [-0.15, -0.1) is 0 Å². The third-order valence-corrected chi connectivity index (χ3v) is 3.30. The molecule has 0 fully saturated rings. The van der Waals surface area contributed by atoms with E-state index in [2.05, 4.69) is 26.8 Å². The summed E-state index contributed by atoms with van der Waals surface area (Å²) in [4.78, 5) is 0. The Morgan fingerprint density at radius 1 is 1.42 bits per heavy atom. The maximum Gasteiger partial charge on any atom is -0.0115 e. The van der Waals surface area contributed by atoms with Gasteiger partial charge in [-0.2, -0.15) is 0 Å². The van der Waals surface area contributed by atoms with E-state index in [4.69, 9.17) is 0 Å². The molecule has 0 unspecified atom stereocenters. The molecule has 0 aliphatic heterocycles. The van der Waals surface area contributed by atoms with Crippen LogP contribution in [0, 0.1) is 5.41 Å². The van der Waals surface area contributed by atoms with E-state index in [1.165, 1.54) is 38.5 Å². The van der Waals surface area contributed by atoms with Crippen LogP contribution in [0.2, 0.25) is 0 Å². The second kappa shape index (κ2) is 4.11. The topological polar surface area (TPSA) is 0 Å². The Labute approximate surface area is 77.1 Å². The Balaban J connectivity index is 2.52. The number of hydrogen-bond acceptors (Lipinski definition) is 0. The SMILES string of the molecule is CCCC[C@@]1(CC)C=C(C)CC1. The molecule has 0 amide bonds. The van der Waals surface area contributed by atoms with E-state index in [-0.39, 0.29) is 0 Å². The zero-order chi connectivity index (χ0) is 9.03. The van der Waals surface area contributed by atoms with E-state index < -0.39 is 0 Å². The van der Waals surface area contributed by atoms with Crippen molar-refractivity contribution in [2.75, 3.05) is 0 Å².